The summed E-state index contributed by atoms with van der Waals surface area (Å²) in [4.78, 5) is 20.0. The van der Waals surface area contributed by atoms with Crippen LogP contribution in [0.15, 0.2) is 70.2 Å². The van der Waals surface area contributed by atoms with E-state index >= 15 is 0 Å². The number of hydrogen-bond acceptors (Lipinski definition) is 4. The minimum absolute atomic E-state index is 0.179. The van der Waals surface area contributed by atoms with Gasteiger partial charge < -0.3 is 10.5 Å². The van der Waals surface area contributed by atoms with E-state index in [2.05, 4.69) is 25.9 Å². The number of unbranched alkanes of at least 4 members (excludes halogenated alkanes) is 1. The van der Waals surface area contributed by atoms with Crippen LogP contribution in [0, 0.1) is 0 Å². The number of aromatic amines is 1. The van der Waals surface area contributed by atoms with Gasteiger partial charge >= 0.3 is 0 Å². The van der Waals surface area contributed by atoms with Crippen LogP contribution in [0.5, 0.6) is 5.75 Å². The van der Waals surface area contributed by atoms with Crippen molar-refractivity contribution in [1.29, 1.82) is 0 Å². The van der Waals surface area contributed by atoms with Crippen molar-refractivity contribution in [3.05, 3.63) is 75.8 Å². The van der Waals surface area contributed by atoms with Crippen molar-refractivity contribution in [2.45, 2.75) is 12.8 Å². The molecule has 0 saturated carbocycles. The number of hydrogen-bond donors (Lipinski definition) is 2. The molecule has 3 N–H and O–H groups in total. The van der Waals surface area contributed by atoms with Crippen LogP contribution in [0.4, 0.5) is 0 Å². The van der Waals surface area contributed by atoms with Crippen molar-refractivity contribution >= 4 is 21.7 Å². The number of aromatic nitrogens is 3. The van der Waals surface area contributed by atoms with Gasteiger partial charge in [-0.05, 0) is 49.2 Å². The summed E-state index contributed by atoms with van der Waals surface area (Å²) in [6.07, 6.45) is 5.59. The molecule has 0 atom stereocenters. The second kappa shape index (κ2) is 8.63. The Balaban J connectivity index is 1.60. The number of fused-ring (bicyclic) bond motifs is 1. The summed E-state index contributed by atoms with van der Waals surface area (Å²) in [5, 5.41) is 0. The fraction of sp³-hybridized carbons (Fsp3) is 0.182. The average molecular weight is 453 g/mol. The molecule has 0 aliphatic carbocycles. The van der Waals surface area contributed by atoms with Gasteiger partial charge in [-0.15, -0.1) is 0 Å². The molecule has 29 heavy (non-hydrogen) atoms. The number of rotatable bonds is 7. The minimum atomic E-state index is -0.179. The molecule has 0 fully saturated rings. The molecule has 4 rings (SSSR count). The molecule has 6 nitrogen and oxygen atoms in total. The maximum absolute atomic E-state index is 12.6. The van der Waals surface area contributed by atoms with E-state index in [1.165, 1.54) is 0 Å². The maximum Gasteiger partial charge on any atom is 0.260 e. The molecule has 0 saturated heterocycles. The monoisotopic (exact) mass is 452 g/mol. The molecule has 0 aliphatic heterocycles. The van der Waals surface area contributed by atoms with Gasteiger partial charge in [-0.1, -0.05) is 40.2 Å². The second-order valence-electron chi connectivity index (χ2n) is 6.73. The third-order valence-corrected chi connectivity index (χ3v) is 5.17. The van der Waals surface area contributed by atoms with Crippen molar-refractivity contribution in [2.75, 3.05) is 13.2 Å². The van der Waals surface area contributed by atoms with Gasteiger partial charge in [0.1, 0.15) is 5.75 Å². The lowest BCUT2D eigenvalue weighted by Crippen LogP contribution is -2.11. The fourth-order valence-electron chi connectivity index (χ4n) is 3.08. The summed E-state index contributed by atoms with van der Waals surface area (Å²) < 4.78 is 8.55. The van der Waals surface area contributed by atoms with E-state index in [-0.39, 0.29) is 5.56 Å². The summed E-state index contributed by atoms with van der Waals surface area (Å²) in [6.45, 7) is 1.31. The van der Waals surface area contributed by atoms with Crippen LogP contribution in [-0.4, -0.2) is 27.5 Å². The van der Waals surface area contributed by atoms with Gasteiger partial charge in [-0.2, -0.15) is 0 Å². The van der Waals surface area contributed by atoms with Crippen molar-refractivity contribution in [3.8, 4) is 28.1 Å². The van der Waals surface area contributed by atoms with Gasteiger partial charge in [-0.3, -0.25) is 14.2 Å². The first-order valence-electron chi connectivity index (χ1n) is 9.45. The SMILES string of the molecule is NCCCCOc1ccc(-c2cn3cc(-c4ccc(Br)cc4)nc3[nH]c2=O)cc1. The highest BCUT2D eigenvalue weighted by atomic mass is 79.9. The molecular weight excluding hydrogens is 432 g/mol. The first kappa shape index (κ1) is 19.4. The molecule has 0 aliphatic rings. The molecule has 0 amide bonds. The highest BCUT2D eigenvalue weighted by Gasteiger charge is 2.10. The Morgan fingerprint density at radius 1 is 1.00 bits per heavy atom. The lowest BCUT2D eigenvalue weighted by molar-refractivity contribution is 0.308. The Bertz CT molecular complexity index is 1160. The molecule has 0 spiro atoms. The highest BCUT2D eigenvalue weighted by Crippen LogP contribution is 2.23. The molecule has 0 radical (unpaired) electrons. The Hall–Kier alpha value is -2.90. The first-order valence-corrected chi connectivity index (χ1v) is 10.2. The van der Waals surface area contributed by atoms with Crippen molar-refractivity contribution in [1.82, 2.24) is 14.4 Å². The van der Waals surface area contributed by atoms with Crippen LogP contribution in [0.3, 0.4) is 0 Å². The third kappa shape index (κ3) is 4.41. The van der Waals surface area contributed by atoms with E-state index in [0.29, 0.717) is 24.5 Å². The molecule has 2 aromatic heterocycles. The molecule has 2 aromatic carbocycles. The Morgan fingerprint density at radius 3 is 2.45 bits per heavy atom. The lowest BCUT2D eigenvalue weighted by Gasteiger charge is -2.07. The molecule has 7 heteroatoms. The van der Waals surface area contributed by atoms with E-state index in [0.717, 1.165) is 39.9 Å². The standard InChI is InChI=1S/C22H21BrN4O2/c23-17-7-3-16(4-8-17)20-14-27-13-19(21(28)26-22(27)25-20)15-5-9-18(10-6-15)29-12-2-1-11-24/h3-10,13-14H,1-2,11-12,24H2,(H,25,26,28). The Labute approximate surface area is 176 Å². The number of H-pyrrole nitrogens is 1. The predicted molar refractivity (Wildman–Crippen MR) is 118 cm³/mol. The first-order chi connectivity index (χ1) is 14.1. The van der Waals surface area contributed by atoms with Gasteiger partial charge in [-0.25, -0.2) is 4.98 Å². The summed E-state index contributed by atoms with van der Waals surface area (Å²) in [5.74, 6) is 1.29. The van der Waals surface area contributed by atoms with E-state index in [9.17, 15) is 4.79 Å². The summed E-state index contributed by atoms with van der Waals surface area (Å²) >= 11 is 3.44. The zero-order valence-electron chi connectivity index (χ0n) is 15.8. The van der Waals surface area contributed by atoms with Crippen LogP contribution >= 0.6 is 15.9 Å². The lowest BCUT2D eigenvalue weighted by atomic mass is 10.1. The van der Waals surface area contributed by atoms with E-state index in [4.69, 9.17) is 10.5 Å². The number of ether oxygens (including phenoxy) is 1. The van der Waals surface area contributed by atoms with E-state index in [1.807, 2.05) is 59.1 Å². The molecule has 148 valence electrons. The van der Waals surface area contributed by atoms with Gasteiger partial charge in [0.15, 0.2) is 0 Å². The number of benzene rings is 2. The van der Waals surface area contributed by atoms with Crippen LogP contribution in [-0.2, 0) is 0 Å². The molecule has 0 unspecified atom stereocenters. The Morgan fingerprint density at radius 2 is 1.72 bits per heavy atom. The quantitative estimate of drug-likeness (QED) is 0.410. The van der Waals surface area contributed by atoms with Crippen LogP contribution in [0.2, 0.25) is 0 Å². The highest BCUT2D eigenvalue weighted by molar-refractivity contribution is 9.10. The smallest absolute Gasteiger partial charge is 0.260 e. The average Bonchev–Trinajstić information content (AvgIpc) is 3.14. The number of nitrogens with two attached hydrogens (primary N) is 1. The normalized spacial score (nSPS) is 11.1. The maximum atomic E-state index is 12.6. The summed E-state index contributed by atoms with van der Waals surface area (Å²) in [6, 6.07) is 15.4. The van der Waals surface area contributed by atoms with E-state index < -0.39 is 0 Å². The predicted octanol–water partition coefficient (Wildman–Crippen LogP) is 4.24. The second-order valence-corrected chi connectivity index (χ2v) is 7.65. The summed E-state index contributed by atoms with van der Waals surface area (Å²) in [5.41, 5.74) is 8.49. The zero-order valence-corrected chi connectivity index (χ0v) is 17.4. The minimum Gasteiger partial charge on any atom is -0.494 e. The van der Waals surface area contributed by atoms with E-state index in [1.54, 1.807) is 6.20 Å². The van der Waals surface area contributed by atoms with Crippen LogP contribution < -0.4 is 16.0 Å². The van der Waals surface area contributed by atoms with Gasteiger partial charge in [0.05, 0.1) is 17.9 Å². The molecular formula is C22H21BrN4O2. The van der Waals surface area contributed by atoms with Gasteiger partial charge in [0.25, 0.3) is 5.56 Å². The third-order valence-electron chi connectivity index (χ3n) is 4.64. The van der Waals surface area contributed by atoms with Crippen LogP contribution in [0.1, 0.15) is 12.8 Å². The summed E-state index contributed by atoms with van der Waals surface area (Å²) in [7, 11) is 0. The molecule has 2 heterocycles. The number of halogens is 1. The van der Waals surface area contributed by atoms with Gasteiger partial charge in [0, 0.05) is 22.4 Å². The Kier molecular flexibility index (Phi) is 5.78. The van der Waals surface area contributed by atoms with Crippen molar-refractivity contribution < 1.29 is 4.74 Å². The number of imidazole rings is 1. The van der Waals surface area contributed by atoms with Gasteiger partial charge in [0.2, 0.25) is 5.78 Å². The fourth-order valence-corrected chi connectivity index (χ4v) is 3.35. The van der Waals surface area contributed by atoms with Crippen LogP contribution in [0.25, 0.3) is 28.2 Å². The van der Waals surface area contributed by atoms with Crippen molar-refractivity contribution in [2.24, 2.45) is 5.73 Å². The van der Waals surface area contributed by atoms with Crippen molar-refractivity contribution in [3.63, 3.8) is 0 Å². The topological polar surface area (TPSA) is 85.4 Å². The largest absolute Gasteiger partial charge is 0.494 e. The number of nitrogens with one attached hydrogen (secondary N) is 1. The molecule has 0 bridgehead atoms. The number of nitrogens with zero attached hydrogens (tertiary/aromatic N) is 2. The molecule has 4 aromatic rings. The zero-order chi connectivity index (χ0) is 20.2.